The number of hydrogen-bond donors (Lipinski definition) is 1. The number of fused-ring (bicyclic) bond motifs is 1. The van der Waals surface area contributed by atoms with Crippen LogP contribution in [-0.2, 0) is 24.4 Å². The monoisotopic (exact) mass is 551 g/mol. The predicted octanol–water partition coefficient (Wildman–Crippen LogP) is 5.14. The molecule has 2 saturated heterocycles. The zero-order valence-electron chi connectivity index (χ0n) is 22.9. The topological polar surface area (TPSA) is 114 Å². The molecule has 0 aliphatic carbocycles. The Hall–Kier alpha value is -4.26. The van der Waals surface area contributed by atoms with E-state index in [9.17, 15) is 9.90 Å². The van der Waals surface area contributed by atoms with Crippen molar-refractivity contribution >= 4 is 17.0 Å². The van der Waals surface area contributed by atoms with Gasteiger partial charge < -0.3 is 19.1 Å². The number of nitriles is 1. The highest BCUT2D eigenvalue weighted by atomic mass is 16.5. The maximum absolute atomic E-state index is 11.6. The van der Waals surface area contributed by atoms with Crippen molar-refractivity contribution in [3.63, 3.8) is 0 Å². The number of aromatic nitrogens is 3. The lowest BCUT2D eigenvalue weighted by atomic mass is 9.93. The maximum atomic E-state index is 11.6. The van der Waals surface area contributed by atoms with Crippen LogP contribution in [0.1, 0.15) is 64.6 Å². The summed E-state index contributed by atoms with van der Waals surface area (Å²) in [6.07, 6.45) is 4.16. The molecule has 2 aromatic heterocycles. The van der Waals surface area contributed by atoms with Crippen molar-refractivity contribution in [3.8, 4) is 11.9 Å². The van der Waals surface area contributed by atoms with Crippen LogP contribution in [0.5, 0.6) is 5.88 Å². The molecule has 0 radical (unpaired) electrons. The Morgan fingerprint density at radius 3 is 2.63 bits per heavy atom. The molecule has 0 saturated carbocycles. The molecule has 4 aromatic rings. The molecule has 4 heterocycles. The Bertz CT molecular complexity index is 1560. The number of nitrogens with zero attached hydrogens (tertiary/aromatic N) is 5. The molecule has 0 amide bonds. The number of benzene rings is 2. The second kappa shape index (κ2) is 12.1. The summed E-state index contributed by atoms with van der Waals surface area (Å²) >= 11 is 0. The van der Waals surface area contributed by atoms with E-state index in [0.29, 0.717) is 37.1 Å². The largest absolute Gasteiger partial charge is 0.478 e. The quantitative estimate of drug-likeness (QED) is 0.304. The molecule has 9 nitrogen and oxygen atoms in total. The minimum absolute atomic E-state index is 0.128. The van der Waals surface area contributed by atoms with Crippen LogP contribution in [0.15, 0.2) is 60.7 Å². The third-order valence-electron chi connectivity index (χ3n) is 8.07. The molecule has 1 N–H and O–H groups in total. The second-order valence-corrected chi connectivity index (χ2v) is 10.8. The number of carboxylic acids is 1. The predicted molar refractivity (Wildman–Crippen MR) is 153 cm³/mol. The van der Waals surface area contributed by atoms with Gasteiger partial charge in [0.2, 0.25) is 5.88 Å². The Balaban J connectivity index is 1.10. The number of imidazole rings is 1. The van der Waals surface area contributed by atoms with Gasteiger partial charge in [0.15, 0.2) is 0 Å². The highest BCUT2D eigenvalue weighted by molar-refractivity contribution is 5.92. The lowest BCUT2D eigenvalue weighted by molar-refractivity contribution is 0.0697. The van der Waals surface area contributed by atoms with Crippen LogP contribution in [-0.4, -0.2) is 56.3 Å². The number of likely N-dealkylation sites (tertiary alicyclic amines) is 1. The van der Waals surface area contributed by atoms with Gasteiger partial charge in [0.1, 0.15) is 12.4 Å². The van der Waals surface area contributed by atoms with Crippen molar-refractivity contribution in [3.05, 3.63) is 88.9 Å². The van der Waals surface area contributed by atoms with Gasteiger partial charge in [-0.2, -0.15) is 5.26 Å². The van der Waals surface area contributed by atoms with E-state index in [1.165, 1.54) is 0 Å². The van der Waals surface area contributed by atoms with Crippen LogP contribution in [0, 0.1) is 11.3 Å². The summed E-state index contributed by atoms with van der Waals surface area (Å²) in [7, 11) is 0. The fraction of sp³-hybridized carbons (Fsp3) is 0.375. The molecule has 41 heavy (non-hydrogen) atoms. The number of aromatic carboxylic acids is 1. The van der Waals surface area contributed by atoms with E-state index in [-0.39, 0.29) is 11.7 Å². The summed E-state index contributed by atoms with van der Waals surface area (Å²) in [4.78, 5) is 23.8. The molecule has 6 rings (SSSR count). The zero-order chi connectivity index (χ0) is 28.2. The third-order valence-corrected chi connectivity index (χ3v) is 8.07. The minimum Gasteiger partial charge on any atom is -0.478 e. The molecule has 2 aliphatic heterocycles. The van der Waals surface area contributed by atoms with Gasteiger partial charge in [-0.25, -0.2) is 14.8 Å². The Kier molecular flexibility index (Phi) is 7.94. The highest BCUT2D eigenvalue weighted by Crippen LogP contribution is 2.30. The van der Waals surface area contributed by atoms with Crippen LogP contribution < -0.4 is 4.74 Å². The van der Waals surface area contributed by atoms with Gasteiger partial charge in [-0.05, 0) is 80.7 Å². The molecule has 0 bridgehead atoms. The van der Waals surface area contributed by atoms with Crippen molar-refractivity contribution in [1.82, 2.24) is 19.4 Å². The van der Waals surface area contributed by atoms with Crippen molar-refractivity contribution < 1.29 is 19.4 Å². The fourth-order valence-corrected chi connectivity index (χ4v) is 5.78. The summed E-state index contributed by atoms with van der Waals surface area (Å²) in [5.41, 5.74) is 4.62. The van der Waals surface area contributed by atoms with Gasteiger partial charge in [0.25, 0.3) is 0 Å². The Morgan fingerprint density at radius 1 is 1.07 bits per heavy atom. The number of piperidine rings is 1. The van der Waals surface area contributed by atoms with E-state index >= 15 is 0 Å². The van der Waals surface area contributed by atoms with E-state index in [0.717, 1.165) is 73.5 Å². The summed E-state index contributed by atoms with van der Waals surface area (Å²) in [5, 5.41) is 18.5. The average molecular weight is 552 g/mol. The number of ether oxygens (including phenoxy) is 2. The van der Waals surface area contributed by atoms with E-state index in [2.05, 4.69) is 21.6 Å². The van der Waals surface area contributed by atoms with Crippen LogP contribution >= 0.6 is 0 Å². The second-order valence-electron chi connectivity index (χ2n) is 10.8. The Labute approximate surface area is 239 Å². The third kappa shape index (κ3) is 6.24. The van der Waals surface area contributed by atoms with Gasteiger partial charge in [0, 0.05) is 24.3 Å². The molecule has 0 unspecified atom stereocenters. The first-order valence-corrected chi connectivity index (χ1v) is 14.2. The first-order chi connectivity index (χ1) is 20.1. The smallest absolute Gasteiger partial charge is 0.335 e. The van der Waals surface area contributed by atoms with Crippen LogP contribution in [0.4, 0.5) is 0 Å². The molecule has 2 aliphatic rings. The van der Waals surface area contributed by atoms with E-state index in [1.807, 2.05) is 30.3 Å². The molecule has 2 aromatic carbocycles. The number of hydrogen-bond acceptors (Lipinski definition) is 7. The highest BCUT2D eigenvalue weighted by Gasteiger charge is 2.25. The maximum Gasteiger partial charge on any atom is 0.335 e. The van der Waals surface area contributed by atoms with E-state index in [1.54, 1.807) is 24.3 Å². The summed E-state index contributed by atoms with van der Waals surface area (Å²) in [5.74, 6) is 0.983. The number of carboxylic acid groups (broad SMARTS) is 1. The van der Waals surface area contributed by atoms with Crippen LogP contribution in [0.3, 0.4) is 0 Å². The van der Waals surface area contributed by atoms with Gasteiger partial charge >= 0.3 is 5.97 Å². The number of carbonyl (C=O) groups is 1. The minimum atomic E-state index is -0.933. The van der Waals surface area contributed by atoms with Crippen molar-refractivity contribution in [1.29, 1.82) is 5.26 Å². The molecule has 210 valence electrons. The van der Waals surface area contributed by atoms with Gasteiger partial charge in [-0.15, -0.1) is 0 Å². The van der Waals surface area contributed by atoms with Crippen molar-refractivity contribution in [2.24, 2.45) is 0 Å². The molecule has 0 spiro atoms. The van der Waals surface area contributed by atoms with E-state index < -0.39 is 5.97 Å². The summed E-state index contributed by atoms with van der Waals surface area (Å²) < 4.78 is 14.0. The first kappa shape index (κ1) is 26.9. The van der Waals surface area contributed by atoms with Crippen LogP contribution in [0.2, 0.25) is 0 Å². The molecular formula is C32H33N5O4. The lowest BCUT2D eigenvalue weighted by Gasteiger charge is -2.31. The molecule has 9 heteroatoms. The number of rotatable bonds is 9. The van der Waals surface area contributed by atoms with Crippen molar-refractivity contribution in [2.45, 2.75) is 57.4 Å². The van der Waals surface area contributed by atoms with Gasteiger partial charge in [0.05, 0.1) is 47.4 Å². The first-order valence-electron chi connectivity index (χ1n) is 14.2. The van der Waals surface area contributed by atoms with Crippen LogP contribution in [0.25, 0.3) is 11.0 Å². The van der Waals surface area contributed by atoms with Crippen molar-refractivity contribution in [2.75, 3.05) is 19.7 Å². The standard InChI is InChI=1S/C32H33N5O4/c33-18-22-6-8-23(9-7-22)21-41-31-5-1-4-27(35-31)24-12-14-36(15-13-24)20-30-34-28-11-10-25(32(38)39)17-29(28)37(30)19-26-3-2-16-40-26/h1,4-11,17,24,26H,2-3,12-16,19-21H2,(H,38,39)/t26-/m1/s1. The fourth-order valence-electron chi connectivity index (χ4n) is 5.78. The number of pyridine rings is 1. The van der Waals surface area contributed by atoms with Gasteiger partial charge in [-0.3, -0.25) is 4.90 Å². The molecule has 1 atom stereocenters. The van der Waals surface area contributed by atoms with E-state index in [4.69, 9.17) is 24.7 Å². The molecule has 2 fully saturated rings. The summed E-state index contributed by atoms with van der Waals surface area (Å²) in [6, 6.07) is 20.7. The van der Waals surface area contributed by atoms with Gasteiger partial charge in [-0.1, -0.05) is 18.2 Å². The lowest BCUT2D eigenvalue weighted by Crippen LogP contribution is -2.34. The molecular weight excluding hydrogens is 518 g/mol. The average Bonchev–Trinajstić information content (AvgIpc) is 3.64. The zero-order valence-corrected chi connectivity index (χ0v) is 22.9. The SMILES string of the molecule is N#Cc1ccc(COc2cccc(C3CCN(Cc4nc5ccc(C(=O)O)cc5n4C[C@H]4CCCO4)CC3)n2)cc1. The Morgan fingerprint density at radius 2 is 1.90 bits per heavy atom. The normalized spacial score (nSPS) is 18.0. The summed E-state index contributed by atoms with van der Waals surface area (Å²) in [6.45, 7) is 4.41.